The molecule has 0 bridgehead atoms. The summed E-state index contributed by atoms with van der Waals surface area (Å²) in [5, 5.41) is 9.09. The molecule has 0 aromatic carbocycles. The first-order chi connectivity index (χ1) is 4.72. The van der Waals surface area contributed by atoms with E-state index < -0.39 is 5.56 Å². The minimum Gasteiger partial charge on any atom is -0.373 e. The lowest BCUT2D eigenvalue weighted by Gasteiger charge is -2.01. The number of pyridine rings is 1. The molecule has 0 spiro atoms. The third-order valence-electron chi connectivity index (χ3n) is 1.04. The summed E-state index contributed by atoms with van der Waals surface area (Å²) in [5.41, 5.74) is -0.632. The molecule has 0 aliphatic rings. The van der Waals surface area contributed by atoms with Crippen molar-refractivity contribution in [1.82, 2.24) is 4.98 Å². The van der Waals surface area contributed by atoms with Gasteiger partial charge in [-0.3, -0.25) is 0 Å². The summed E-state index contributed by atoms with van der Waals surface area (Å²) in [7, 11) is 0. The number of hydrogen-bond donors (Lipinski definition) is 1. The van der Waals surface area contributed by atoms with Crippen LogP contribution in [0.3, 0.4) is 0 Å². The lowest BCUT2D eigenvalue weighted by atomic mass is 10.3. The molecule has 4 heteroatoms. The maximum atomic E-state index is 8.85. The van der Waals surface area contributed by atoms with E-state index in [0.717, 1.165) is 0 Å². The van der Waals surface area contributed by atoms with Crippen LogP contribution >= 0.6 is 23.2 Å². The van der Waals surface area contributed by atoms with Gasteiger partial charge in [-0.2, -0.15) is 0 Å². The molecule has 1 unspecified atom stereocenters. The van der Waals surface area contributed by atoms with Crippen molar-refractivity contribution in [3.8, 4) is 0 Å². The van der Waals surface area contributed by atoms with Gasteiger partial charge in [0.25, 0.3) is 0 Å². The number of aromatic nitrogens is 1. The highest BCUT2D eigenvalue weighted by atomic mass is 35.5. The number of aliphatic hydroxyl groups excluding tert-OH is 1. The molecule has 2 nitrogen and oxygen atoms in total. The van der Waals surface area contributed by atoms with Gasteiger partial charge in [0, 0.05) is 11.8 Å². The highest BCUT2D eigenvalue weighted by molar-refractivity contribution is 6.31. The SMILES string of the molecule is OC(Cl)c1cccnc1Cl. The van der Waals surface area contributed by atoms with E-state index in [1.165, 1.54) is 6.20 Å². The van der Waals surface area contributed by atoms with Crippen molar-refractivity contribution in [2.75, 3.05) is 0 Å². The average molecular weight is 178 g/mol. The van der Waals surface area contributed by atoms with Crippen LogP contribution in [0.1, 0.15) is 11.1 Å². The molecule has 0 aliphatic carbocycles. The van der Waals surface area contributed by atoms with E-state index in [9.17, 15) is 0 Å². The van der Waals surface area contributed by atoms with Gasteiger partial charge < -0.3 is 5.11 Å². The highest BCUT2D eigenvalue weighted by Crippen LogP contribution is 2.22. The Balaban J connectivity index is 3.03. The van der Waals surface area contributed by atoms with Crippen LogP contribution < -0.4 is 0 Å². The first-order valence-electron chi connectivity index (χ1n) is 2.64. The second kappa shape index (κ2) is 3.19. The Morgan fingerprint density at radius 1 is 1.60 bits per heavy atom. The predicted molar refractivity (Wildman–Crippen MR) is 40.1 cm³/mol. The number of halogens is 2. The molecular formula is C6H5Cl2NO. The van der Waals surface area contributed by atoms with Crippen LogP contribution in [-0.4, -0.2) is 10.1 Å². The van der Waals surface area contributed by atoms with Gasteiger partial charge in [0.05, 0.1) is 0 Å². The van der Waals surface area contributed by atoms with Crippen molar-refractivity contribution in [3.05, 3.63) is 29.0 Å². The zero-order valence-electron chi connectivity index (χ0n) is 4.96. The Hall–Kier alpha value is -0.310. The fourth-order valence-corrected chi connectivity index (χ4v) is 1.03. The molecule has 0 radical (unpaired) electrons. The second-order valence-electron chi connectivity index (χ2n) is 1.72. The number of nitrogens with zero attached hydrogens (tertiary/aromatic N) is 1. The Kier molecular flexibility index (Phi) is 2.49. The van der Waals surface area contributed by atoms with E-state index in [1.807, 2.05) is 0 Å². The van der Waals surface area contributed by atoms with Crippen molar-refractivity contribution in [2.45, 2.75) is 5.56 Å². The molecule has 0 saturated heterocycles. The Labute approximate surface area is 68.4 Å². The molecule has 1 rings (SSSR count). The number of aliphatic hydroxyl groups is 1. The number of rotatable bonds is 1. The van der Waals surface area contributed by atoms with Crippen LogP contribution in [0.25, 0.3) is 0 Å². The maximum Gasteiger partial charge on any atom is 0.156 e. The van der Waals surface area contributed by atoms with Crippen LogP contribution in [0.15, 0.2) is 18.3 Å². The monoisotopic (exact) mass is 177 g/mol. The molecular weight excluding hydrogens is 173 g/mol. The van der Waals surface area contributed by atoms with E-state index in [1.54, 1.807) is 12.1 Å². The molecule has 1 atom stereocenters. The zero-order chi connectivity index (χ0) is 7.56. The fraction of sp³-hybridized carbons (Fsp3) is 0.167. The summed E-state index contributed by atoms with van der Waals surface area (Å²) >= 11 is 10.9. The topological polar surface area (TPSA) is 33.1 Å². The van der Waals surface area contributed by atoms with Crippen molar-refractivity contribution in [3.63, 3.8) is 0 Å². The fourth-order valence-electron chi connectivity index (χ4n) is 0.576. The summed E-state index contributed by atoms with van der Waals surface area (Å²) in [6.07, 6.45) is 1.53. The Bertz CT molecular complexity index is 227. The largest absolute Gasteiger partial charge is 0.373 e. The Morgan fingerprint density at radius 3 is 2.70 bits per heavy atom. The highest BCUT2D eigenvalue weighted by Gasteiger charge is 2.06. The van der Waals surface area contributed by atoms with Crippen molar-refractivity contribution in [1.29, 1.82) is 0 Å². The van der Waals surface area contributed by atoms with Crippen molar-refractivity contribution in [2.24, 2.45) is 0 Å². The van der Waals surface area contributed by atoms with Crippen molar-refractivity contribution < 1.29 is 5.11 Å². The smallest absolute Gasteiger partial charge is 0.156 e. The van der Waals surface area contributed by atoms with Gasteiger partial charge in [0.15, 0.2) is 5.56 Å². The first kappa shape index (κ1) is 7.79. The average Bonchev–Trinajstić information content (AvgIpc) is 1.88. The summed E-state index contributed by atoms with van der Waals surface area (Å²) in [4.78, 5) is 3.72. The molecule has 10 heavy (non-hydrogen) atoms. The quantitative estimate of drug-likeness (QED) is 0.526. The standard InChI is InChI=1S/C6H5Cl2NO/c7-5-4(6(8)10)2-1-3-9-5/h1-3,6,10H. The minimum atomic E-state index is -1.07. The van der Waals surface area contributed by atoms with Gasteiger partial charge in [-0.15, -0.1) is 0 Å². The molecule has 0 fully saturated rings. The van der Waals surface area contributed by atoms with Crippen LogP contribution in [0.5, 0.6) is 0 Å². The van der Waals surface area contributed by atoms with Crippen LogP contribution in [-0.2, 0) is 0 Å². The van der Waals surface area contributed by atoms with Crippen LogP contribution in [0.4, 0.5) is 0 Å². The third kappa shape index (κ3) is 1.59. The van der Waals surface area contributed by atoms with E-state index >= 15 is 0 Å². The molecule has 0 saturated carbocycles. The molecule has 1 heterocycles. The van der Waals surface area contributed by atoms with Gasteiger partial charge in [0.1, 0.15) is 5.15 Å². The molecule has 1 aromatic rings. The Morgan fingerprint density at radius 2 is 2.30 bits per heavy atom. The van der Waals surface area contributed by atoms with Gasteiger partial charge in [0.2, 0.25) is 0 Å². The molecule has 1 N–H and O–H groups in total. The third-order valence-corrected chi connectivity index (χ3v) is 1.60. The zero-order valence-corrected chi connectivity index (χ0v) is 6.47. The van der Waals surface area contributed by atoms with Gasteiger partial charge in [-0.25, -0.2) is 4.98 Å². The van der Waals surface area contributed by atoms with Crippen LogP contribution in [0, 0.1) is 0 Å². The summed E-state index contributed by atoms with van der Waals surface area (Å²) < 4.78 is 0. The molecule has 54 valence electrons. The summed E-state index contributed by atoms with van der Waals surface area (Å²) in [6.45, 7) is 0. The minimum absolute atomic E-state index is 0.241. The predicted octanol–water partition coefficient (Wildman–Crippen LogP) is 1.96. The number of hydrogen-bond acceptors (Lipinski definition) is 2. The first-order valence-corrected chi connectivity index (χ1v) is 3.46. The maximum absolute atomic E-state index is 8.85. The normalized spacial score (nSPS) is 13.1. The van der Waals surface area contributed by atoms with E-state index in [-0.39, 0.29) is 5.15 Å². The molecule has 0 aliphatic heterocycles. The van der Waals surface area contributed by atoms with E-state index in [2.05, 4.69) is 4.98 Å². The summed E-state index contributed by atoms with van der Waals surface area (Å²) in [6, 6.07) is 3.28. The van der Waals surface area contributed by atoms with Crippen molar-refractivity contribution >= 4 is 23.2 Å². The second-order valence-corrected chi connectivity index (χ2v) is 2.49. The van der Waals surface area contributed by atoms with Crippen LogP contribution in [0.2, 0.25) is 5.15 Å². The lowest BCUT2D eigenvalue weighted by Crippen LogP contribution is -1.90. The van der Waals surface area contributed by atoms with Gasteiger partial charge in [-0.05, 0) is 6.07 Å². The van der Waals surface area contributed by atoms with Gasteiger partial charge in [-0.1, -0.05) is 29.3 Å². The number of alkyl halides is 1. The molecule has 1 aromatic heterocycles. The lowest BCUT2D eigenvalue weighted by molar-refractivity contribution is 0.262. The van der Waals surface area contributed by atoms with E-state index in [0.29, 0.717) is 5.56 Å². The molecule has 0 amide bonds. The van der Waals surface area contributed by atoms with Gasteiger partial charge >= 0.3 is 0 Å². The summed E-state index contributed by atoms with van der Waals surface area (Å²) in [5.74, 6) is 0. The van der Waals surface area contributed by atoms with E-state index in [4.69, 9.17) is 28.3 Å².